The molecular formula is C10H12O. The molecule has 0 aromatic carbocycles. The van der Waals surface area contributed by atoms with E-state index in [1.807, 2.05) is 12.2 Å². The van der Waals surface area contributed by atoms with Crippen molar-refractivity contribution in [2.75, 3.05) is 0 Å². The van der Waals surface area contributed by atoms with Gasteiger partial charge in [0.25, 0.3) is 0 Å². The highest BCUT2D eigenvalue weighted by Crippen LogP contribution is 2.18. The molecule has 0 saturated carbocycles. The van der Waals surface area contributed by atoms with Crippen LogP contribution in [0.4, 0.5) is 0 Å². The Morgan fingerprint density at radius 3 is 3.18 bits per heavy atom. The Balaban J connectivity index is 2.62. The zero-order valence-electron chi connectivity index (χ0n) is 6.46. The van der Waals surface area contributed by atoms with Crippen molar-refractivity contribution in [3.63, 3.8) is 0 Å². The molecule has 0 aliphatic heterocycles. The van der Waals surface area contributed by atoms with Gasteiger partial charge in [-0.15, -0.1) is 6.42 Å². The number of terminal acetylenes is 1. The van der Waals surface area contributed by atoms with E-state index in [2.05, 4.69) is 5.92 Å². The third-order valence-corrected chi connectivity index (χ3v) is 1.82. The largest absolute Gasteiger partial charge is 0.388 e. The number of rotatable bonds is 1. The summed E-state index contributed by atoms with van der Waals surface area (Å²) in [7, 11) is 0. The van der Waals surface area contributed by atoms with Gasteiger partial charge in [0.1, 0.15) is 0 Å². The molecule has 0 fully saturated rings. The molecule has 1 heteroatoms. The molecular weight excluding hydrogens is 136 g/mol. The highest BCUT2D eigenvalue weighted by atomic mass is 16.3. The summed E-state index contributed by atoms with van der Waals surface area (Å²) >= 11 is 0. The Kier molecular flexibility index (Phi) is 2.95. The summed E-state index contributed by atoms with van der Waals surface area (Å²) < 4.78 is 0. The van der Waals surface area contributed by atoms with Gasteiger partial charge in [-0.1, -0.05) is 12.0 Å². The van der Waals surface area contributed by atoms with E-state index >= 15 is 0 Å². The minimum Gasteiger partial charge on any atom is -0.388 e. The molecule has 1 rings (SSSR count). The van der Waals surface area contributed by atoms with Gasteiger partial charge in [-0.05, 0) is 37.0 Å². The molecule has 1 unspecified atom stereocenters. The van der Waals surface area contributed by atoms with Gasteiger partial charge in [0.2, 0.25) is 0 Å². The van der Waals surface area contributed by atoms with Crippen LogP contribution in [0, 0.1) is 12.3 Å². The topological polar surface area (TPSA) is 20.2 Å². The van der Waals surface area contributed by atoms with Crippen LogP contribution in [0.25, 0.3) is 0 Å². The first-order valence-electron chi connectivity index (χ1n) is 3.85. The van der Waals surface area contributed by atoms with E-state index < -0.39 is 0 Å². The number of allylic oxidation sites excluding steroid dienone is 2. The first-order valence-corrected chi connectivity index (χ1v) is 3.85. The molecule has 1 aliphatic carbocycles. The zero-order chi connectivity index (χ0) is 8.10. The van der Waals surface area contributed by atoms with Gasteiger partial charge >= 0.3 is 0 Å². The molecule has 58 valence electrons. The van der Waals surface area contributed by atoms with Crippen molar-refractivity contribution in [2.24, 2.45) is 0 Å². The van der Waals surface area contributed by atoms with Crippen LogP contribution in [-0.2, 0) is 0 Å². The summed E-state index contributed by atoms with van der Waals surface area (Å²) in [5.41, 5.74) is 0.967. The second-order valence-electron chi connectivity index (χ2n) is 2.65. The highest BCUT2D eigenvalue weighted by Gasteiger charge is 2.10. The lowest BCUT2D eigenvalue weighted by atomic mass is 9.96. The maximum absolute atomic E-state index is 9.41. The van der Waals surface area contributed by atoms with E-state index in [1.165, 1.54) is 0 Å². The molecule has 0 saturated heterocycles. The number of hydrogen-bond acceptors (Lipinski definition) is 1. The molecule has 1 atom stereocenters. The molecule has 11 heavy (non-hydrogen) atoms. The van der Waals surface area contributed by atoms with Crippen LogP contribution in [0.15, 0.2) is 23.8 Å². The van der Waals surface area contributed by atoms with Crippen molar-refractivity contribution >= 4 is 0 Å². The third-order valence-electron chi connectivity index (χ3n) is 1.82. The summed E-state index contributed by atoms with van der Waals surface area (Å²) in [6, 6.07) is 0. The van der Waals surface area contributed by atoms with Crippen LogP contribution in [-0.4, -0.2) is 11.2 Å². The molecule has 0 heterocycles. The van der Waals surface area contributed by atoms with Gasteiger partial charge in [0.15, 0.2) is 0 Å². The van der Waals surface area contributed by atoms with Crippen LogP contribution in [0.2, 0.25) is 0 Å². The second-order valence-corrected chi connectivity index (χ2v) is 2.65. The maximum atomic E-state index is 9.41. The van der Waals surface area contributed by atoms with E-state index in [9.17, 15) is 5.11 Å². The van der Waals surface area contributed by atoms with Gasteiger partial charge in [-0.2, -0.15) is 0 Å². The lowest BCUT2D eigenvalue weighted by Gasteiger charge is -2.15. The first kappa shape index (κ1) is 8.10. The highest BCUT2D eigenvalue weighted by molar-refractivity contribution is 5.28. The molecule has 1 nitrogen and oxygen atoms in total. The predicted octanol–water partition coefficient (Wildman–Crippen LogP) is 1.65. The molecule has 0 spiro atoms. The average molecular weight is 148 g/mol. The summed E-state index contributed by atoms with van der Waals surface area (Å²) in [4.78, 5) is 0. The summed E-state index contributed by atoms with van der Waals surface area (Å²) in [6.07, 6.45) is 13.2. The number of aliphatic hydroxyl groups excluding tert-OH is 1. The Labute approximate surface area is 67.4 Å². The van der Waals surface area contributed by atoms with Gasteiger partial charge in [-0.3, -0.25) is 0 Å². The lowest BCUT2D eigenvalue weighted by molar-refractivity contribution is 0.195. The maximum Gasteiger partial charge on any atom is 0.0787 e. The Bertz CT molecular complexity index is 218. The molecule has 1 N–H and O–H groups in total. The molecule has 0 amide bonds. The van der Waals surface area contributed by atoms with Crippen molar-refractivity contribution < 1.29 is 5.11 Å². The average Bonchev–Trinajstić information content (AvgIpc) is 2.03. The van der Waals surface area contributed by atoms with Crippen LogP contribution in [0.5, 0.6) is 0 Å². The zero-order valence-corrected chi connectivity index (χ0v) is 6.46. The van der Waals surface area contributed by atoms with Crippen LogP contribution >= 0.6 is 0 Å². The van der Waals surface area contributed by atoms with E-state index in [4.69, 9.17) is 6.42 Å². The van der Waals surface area contributed by atoms with E-state index in [0.717, 1.165) is 24.8 Å². The number of aliphatic hydroxyl groups is 1. The number of hydrogen-bond donors (Lipinski definition) is 1. The van der Waals surface area contributed by atoms with Crippen molar-refractivity contribution in [3.05, 3.63) is 23.8 Å². The molecule has 0 radical (unpaired) electrons. The Hall–Kier alpha value is -1.00. The molecule has 0 aromatic heterocycles. The van der Waals surface area contributed by atoms with Crippen molar-refractivity contribution in [3.8, 4) is 12.3 Å². The summed E-state index contributed by atoms with van der Waals surface area (Å²) in [6.45, 7) is 0. The smallest absolute Gasteiger partial charge is 0.0787 e. The van der Waals surface area contributed by atoms with Crippen molar-refractivity contribution in [2.45, 2.75) is 25.4 Å². The third kappa shape index (κ3) is 2.25. The van der Waals surface area contributed by atoms with Gasteiger partial charge in [0, 0.05) is 0 Å². The second kappa shape index (κ2) is 4.00. The van der Waals surface area contributed by atoms with Crippen LogP contribution in [0.3, 0.4) is 0 Å². The summed E-state index contributed by atoms with van der Waals surface area (Å²) in [5, 5.41) is 9.41. The Morgan fingerprint density at radius 1 is 1.73 bits per heavy atom. The van der Waals surface area contributed by atoms with Crippen molar-refractivity contribution in [1.82, 2.24) is 0 Å². The Morgan fingerprint density at radius 2 is 2.55 bits per heavy atom. The van der Waals surface area contributed by atoms with Gasteiger partial charge in [0.05, 0.1) is 6.10 Å². The predicted molar refractivity (Wildman–Crippen MR) is 45.9 cm³/mol. The van der Waals surface area contributed by atoms with Gasteiger partial charge < -0.3 is 5.11 Å². The first-order chi connectivity index (χ1) is 5.34. The quantitative estimate of drug-likeness (QED) is 0.560. The minimum absolute atomic E-state index is 0.298. The normalized spacial score (nSPS) is 24.7. The molecule has 0 aromatic rings. The van der Waals surface area contributed by atoms with E-state index in [-0.39, 0.29) is 6.10 Å². The molecule has 0 bridgehead atoms. The van der Waals surface area contributed by atoms with E-state index in [0.29, 0.717) is 0 Å². The fraction of sp³-hybridized carbons (Fsp3) is 0.400. The van der Waals surface area contributed by atoms with Crippen LogP contribution in [0.1, 0.15) is 19.3 Å². The summed E-state index contributed by atoms with van der Waals surface area (Å²) in [5.74, 6) is 2.40. The standard InChI is InChI=1S/C10H12O/c1-2-3-6-9-7-4-5-8-10(9)11/h1,3,6-7,10-11H,4-5,8H2. The molecule has 1 aliphatic rings. The fourth-order valence-corrected chi connectivity index (χ4v) is 1.21. The SMILES string of the molecule is C#CC=CC1=CCCCC1O. The van der Waals surface area contributed by atoms with Crippen molar-refractivity contribution in [1.29, 1.82) is 0 Å². The van der Waals surface area contributed by atoms with Gasteiger partial charge in [-0.25, -0.2) is 0 Å². The van der Waals surface area contributed by atoms with Crippen LogP contribution < -0.4 is 0 Å². The fourth-order valence-electron chi connectivity index (χ4n) is 1.21. The lowest BCUT2D eigenvalue weighted by Crippen LogP contribution is -2.11. The minimum atomic E-state index is -0.298. The van der Waals surface area contributed by atoms with E-state index in [1.54, 1.807) is 6.08 Å². The monoisotopic (exact) mass is 148 g/mol.